The fourth-order valence-corrected chi connectivity index (χ4v) is 3.47. The highest BCUT2D eigenvalue weighted by Gasteiger charge is 2.54. The predicted octanol–water partition coefficient (Wildman–Crippen LogP) is 4.83. The van der Waals surface area contributed by atoms with Gasteiger partial charge in [-0.05, 0) is 44.4 Å². The van der Waals surface area contributed by atoms with Crippen molar-refractivity contribution in [3.8, 4) is 0 Å². The van der Waals surface area contributed by atoms with Gasteiger partial charge in [0.15, 0.2) is 0 Å². The van der Waals surface area contributed by atoms with Crippen molar-refractivity contribution in [3.63, 3.8) is 0 Å². The molecule has 1 aliphatic rings. The Bertz CT molecular complexity index is 851. The lowest BCUT2D eigenvalue weighted by Crippen LogP contribution is -2.45. The molecule has 2 aromatic rings. The summed E-state index contributed by atoms with van der Waals surface area (Å²) in [6.07, 6.45) is 1.46. The number of rotatable bonds is 3. The number of fused-ring (bicyclic) bond motifs is 1. The van der Waals surface area contributed by atoms with Crippen LogP contribution in [-0.2, 0) is 14.9 Å². The van der Waals surface area contributed by atoms with Crippen LogP contribution in [0.1, 0.15) is 38.3 Å². The zero-order valence-electron chi connectivity index (χ0n) is 15.4. The van der Waals surface area contributed by atoms with Gasteiger partial charge in [-0.15, -0.1) is 6.58 Å². The fourth-order valence-electron chi connectivity index (χ4n) is 3.47. The molecule has 4 nitrogen and oxygen atoms in total. The third kappa shape index (κ3) is 2.81. The Balaban J connectivity index is 2.20. The summed E-state index contributed by atoms with van der Waals surface area (Å²) in [6, 6.07) is 16.9. The summed E-state index contributed by atoms with van der Waals surface area (Å²) in [4.78, 5) is 27.6. The minimum atomic E-state index is -0.976. The highest BCUT2D eigenvalue weighted by Crippen LogP contribution is 2.48. The minimum absolute atomic E-state index is 0.306. The van der Waals surface area contributed by atoms with Crippen molar-refractivity contribution in [1.29, 1.82) is 0 Å². The van der Waals surface area contributed by atoms with Gasteiger partial charge in [-0.2, -0.15) is 0 Å². The van der Waals surface area contributed by atoms with Crippen LogP contribution in [0.15, 0.2) is 67.3 Å². The summed E-state index contributed by atoms with van der Waals surface area (Å²) in [5, 5.41) is 0. The van der Waals surface area contributed by atoms with E-state index in [9.17, 15) is 9.59 Å². The first-order chi connectivity index (χ1) is 12.3. The molecule has 2 amide bonds. The molecule has 134 valence electrons. The standard InChI is InChI=1S/C22H23NO3/c1-5-15-22(16-11-7-6-8-12-16)17-13-9-10-14-18(17)23(19(22)24)20(25)26-21(2,3)4/h5-14H,1,15H2,2-4H3/t22-/m1/s1. The van der Waals surface area contributed by atoms with Gasteiger partial charge >= 0.3 is 6.09 Å². The summed E-state index contributed by atoms with van der Waals surface area (Å²) in [5.74, 6) is -0.306. The second kappa shape index (κ2) is 6.45. The van der Waals surface area contributed by atoms with Crippen molar-refractivity contribution in [1.82, 2.24) is 0 Å². The molecule has 0 bridgehead atoms. The molecule has 0 unspecified atom stereocenters. The van der Waals surface area contributed by atoms with E-state index in [1.165, 1.54) is 0 Å². The minimum Gasteiger partial charge on any atom is -0.443 e. The van der Waals surface area contributed by atoms with Crippen molar-refractivity contribution >= 4 is 17.7 Å². The van der Waals surface area contributed by atoms with Crippen LogP contribution in [-0.4, -0.2) is 17.6 Å². The van der Waals surface area contributed by atoms with Crippen LogP contribution in [0, 0.1) is 0 Å². The average Bonchev–Trinajstić information content (AvgIpc) is 2.84. The van der Waals surface area contributed by atoms with Gasteiger partial charge in [0.2, 0.25) is 0 Å². The van der Waals surface area contributed by atoms with Crippen LogP contribution in [0.2, 0.25) is 0 Å². The Hall–Kier alpha value is -2.88. The molecule has 2 aromatic carbocycles. The lowest BCUT2D eigenvalue weighted by molar-refractivity contribution is -0.121. The second-order valence-corrected chi connectivity index (χ2v) is 7.40. The zero-order chi connectivity index (χ0) is 18.9. The second-order valence-electron chi connectivity index (χ2n) is 7.40. The molecule has 3 rings (SSSR count). The van der Waals surface area contributed by atoms with Crippen molar-refractivity contribution in [2.75, 3.05) is 4.90 Å². The van der Waals surface area contributed by atoms with Crippen molar-refractivity contribution < 1.29 is 14.3 Å². The van der Waals surface area contributed by atoms with Gasteiger partial charge in [-0.3, -0.25) is 4.79 Å². The predicted molar refractivity (Wildman–Crippen MR) is 102 cm³/mol. The number of hydrogen-bond donors (Lipinski definition) is 0. The van der Waals surface area contributed by atoms with E-state index in [2.05, 4.69) is 6.58 Å². The number of carbonyl (C=O) groups is 2. The Kier molecular flexibility index (Phi) is 4.45. The summed E-state index contributed by atoms with van der Waals surface area (Å²) in [7, 11) is 0. The van der Waals surface area contributed by atoms with Gasteiger partial charge in [0, 0.05) is 0 Å². The quantitative estimate of drug-likeness (QED) is 0.746. The Morgan fingerprint density at radius 3 is 2.35 bits per heavy atom. The molecule has 0 aliphatic carbocycles. The number of benzene rings is 2. The van der Waals surface area contributed by atoms with Crippen molar-refractivity contribution in [2.24, 2.45) is 0 Å². The summed E-state index contributed by atoms with van der Waals surface area (Å²) in [5.41, 5.74) is 0.530. The van der Waals surface area contributed by atoms with E-state index in [1.54, 1.807) is 32.9 Å². The highest BCUT2D eigenvalue weighted by molar-refractivity contribution is 6.22. The zero-order valence-corrected chi connectivity index (χ0v) is 15.4. The van der Waals surface area contributed by atoms with Crippen LogP contribution in [0.25, 0.3) is 0 Å². The molecule has 0 aromatic heterocycles. The largest absolute Gasteiger partial charge is 0.443 e. The summed E-state index contributed by atoms with van der Waals surface area (Å²) >= 11 is 0. The van der Waals surface area contributed by atoms with Crippen LogP contribution in [0.5, 0.6) is 0 Å². The molecular weight excluding hydrogens is 326 g/mol. The van der Waals surface area contributed by atoms with Crippen LogP contribution in [0.3, 0.4) is 0 Å². The van der Waals surface area contributed by atoms with Gasteiger partial charge in [0.05, 0.1) is 5.69 Å². The average molecular weight is 349 g/mol. The Morgan fingerprint density at radius 2 is 1.73 bits per heavy atom. The molecule has 1 heterocycles. The summed E-state index contributed by atoms with van der Waals surface area (Å²) < 4.78 is 5.50. The van der Waals surface area contributed by atoms with E-state index in [0.29, 0.717) is 12.1 Å². The maximum absolute atomic E-state index is 13.6. The lowest BCUT2D eigenvalue weighted by Gasteiger charge is -2.29. The number of para-hydroxylation sites is 1. The van der Waals surface area contributed by atoms with Gasteiger partial charge in [-0.1, -0.05) is 54.6 Å². The SMILES string of the molecule is C=CC[C@]1(c2ccccc2)C(=O)N(C(=O)OC(C)(C)C)c2ccccc21. The number of nitrogens with zero attached hydrogens (tertiary/aromatic N) is 1. The maximum Gasteiger partial charge on any atom is 0.421 e. The number of ether oxygens (including phenoxy) is 1. The first-order valence-corrected chi connectivity index (χ1v) is 8.65. The highest BCUT2D eigenvalue weighted by atomic mass is 16.6. The van der Waals surface area contributed by atoms with Crippen LogP contribution < -0.4 is 4.90 Å². The first-order valence-electron chi connectivity index (χ1n) is 8.65. The van der Waals surface area contributed by atoms with E-state index in [1.807, 2.05) is 48.5 Å². The van der Waals surface area contributed by atoms with Gasteiger partial charge in [0.1, 0.15) is 11.0 Å². The molecule has 0 spiro atoms. The number of amides is 2. The van der Waals surface area contributed by atoms with Gasteiger partial charge in [-0.25, -0.2) is 9.69 Å². The molecule has 0 fully saturated rings. The van der Waals surface area contributed by atoms with Crippen molar-refractivity contribution in [2.45, 2.75) is 38.2 Å². The van der Waals surface area contributed by atoms with Gasteiger partial charge in [0.25, 0.3) is 5.91 Å². The van der Waals surface area contributed by atoms with E-state index in [0.717, 1.165) is 16.0 Å². The molecule has 1 atom stereocenters. The van der Waals surface area contributed by atoms with Crippen molar-refractivity contribution in [3.05, 3.63) is 78.4 Å². The van der Waals surface area contributed by atoms with Crippen LogP contribution in [0.4, 0.5) is 10.5 Å². The molecule has 4 heteroatoms. The molecule has 0 N–H and O–H groups in total. The molecular formula is C22H23NO3. The first kappa shape index (κ1) is 17.9. The maximum atomic E-state index is 13.6. The number of imide groups is 1. The fraction of sp³-hybridized carbons (Fsp3) is 0.273. The summed E-state index contributed by atoms with van der Waals surface area (Å²) in [6.45, 7) is 9.19. The molecule has 26 heavy (non-hydrogen) atoms. The number of hydrogen-bond acceptors (Lipinski definition) is 3. The van der Waals surface area contributed by atoms with Crippen LogP contribution >= 0.6 is 0 Å². The molecule has 0 saturated heterocycles. The van der Waals surface area contributed by atoms with E-state index >= 15 is 0 Å². The smallest absolute Gasteiger partial charge is 0.421 e. The molecule has 0 radical (unpaired) electrons. The molecule has 0 saturated carbocycles. The topological polar surface area (TPSA) is 46.6 Å². The van der Waals surface area contributed by atoms with E-state index in [-0.39, 0.29) is 5.91 Å². The number of allylic oxidation sites excluding steroid dienone is 1. The molecule has 1 aliphatic heterocycles. The van der Waals surface area contributed by atoms with Gasteiger partial charge < -0.3 is 4.74 Å². The Morgan fingerprint density at radius 1 is 1.12 bits per heavy atom. The lowest BCUT2D eigenvalue weighted by atomic mass is 9.73. The third-order valence-electron chi connectivity index (χ3n) is 4.47. The normalized spacial score (nSPS) is 19.2. The third-order valence-corrected chi connectivity index (χ3v) is 4.47. The monoisotopic (exact) mass is 349 g/mol. The number of anilines is 1. The Labute approximate surface area is 154 Å². The van der Waals surface area contributed by atoms with E-state index < -0.39 is 17.1 Å². The van der Waals surface area contributed by atoms with E-state index in [4.69, 9.17) is 4.74 Å². The number of carbonyl (C=O) groups excluding carboxylic acids is 2.